The van der Waals surface area contributed by atoms with Crippen molar-refractivity contribution >= 4 is 40.4 Å². The van der Waals surface area contributed by atoms with Crippen LogP contribution in [0.25, 0.3) is 0 Å². The fourth-order valence-electron chi connectivity index (χ4n) is 2.33. The average Bonchev–Trinajstić information content (AvgIpc) is 2.94. The Morgan fingerprint density at radius 2 is 2.00 bits per heavy atom. The van der Waals surface area contributed by atoms with Gasteiger partial charge in [0.2, 0.25) is 5.91 Å². The van der Waals surface area contributed by atoms with E-state index < -0.39 is 0 Å². The van der Waals surface area contributed by atoms with E-state index >= 15 is 0 Å². The topological polar surface area (TPSA) is 53.5 Å². The van der Waals surface area contributed by atoms with Gasteiger partial charge < -0.3 is 9.80 Å². The quantitative estimate of drug-likeness (QED) is 0.847. The highest BCUT2D eigenvalue weighted by atomic mass is 35.5. The van der Waals surface area contributed by atoms with Crippen LogP contribution in [-0.4, -0.2) is 41.3 Å². The van der Waals surface area contributed by atoms with Crippen molar-refractivity contribution in [1.29, 1.82) is 0 Å². The van der Waals surface area contributed by atoms with E-state index in [9.17, 15) is 9.59 Å². The SMILES string of the molecule is Cc1ccc(N2CCN(C(=O)c3nc(Cl)cs3)CC2=O)cc1. The molecule has 5 nitrogen and oxygen atoms in total. The number of carbonyl (C=O) groups excluding carboxylic acids is 2. The lowest BCUT2D eigenvalue weighted by Crippen LogP contribution is -2.52. The lowest BCUT2D eigenvalue weighted by molar-refractivity contribution is -0.120. The summed E-state index contributed by atoms with van der Waals surface area (Å²) in [4.78, 5) is 31.8. The molecule has 0 saturated carbocycles. The maximum atomic E-state index is 12.3. The number of benzene rings is 1. The molecule has 2 aromatic rings. The molecular weight excluding hydrogens is 322 g/mol. The van der Waals surface area contributed by atoms with Crippen LogP contribution in [0, 0.1) is 6.92 Å². The van der Waals surface area contributed by atoms with Crippen LogP contribution in [0.15, 0.2) is 29.6 Å². The molecule has 0 radical (unpaired) electrons. The van der Waals surface area contributed by atoms with Gasteiger partial charge in [0.25, 0.3) is 5.91 Å². The van der Waals surface area contributed by atoms with E-state index in [-0.39, 0.29) is 18.4 Å². The molecule has 0 atom stereocenters. The van der Waals surface area contributed by atoms with Crippen LogP contribution in [0.3, 0.4) is 0 Å². The lowest BCUT2D eigenvalue weighted by atomic mass is 10.2. The molecule has 0 unspecified atom stereocenters. The van der Waals surface area contributed by atoms with Gasteiger partial charge >= 0.3 is 0 Å². The molecule has 1 aromatic heterocycles. The third-order valence-electron chi connectivity index (χ3n) is 3.51. The molecular formula is C15H14ClN3O2S. The van der Waals surface area contributed by atoms with E-state index in [0.717, 1.165) is 11.3 Å². The molecule has 22 heavy (non-hydrogen) atoms. The molecule has 3 rings (SSSR count). The summed E-state index contributed by atoms with van der Waals surface area (Å²) in [6, 6.07) is 7.78. The first kappa shape index (κ1) is 15.0. The Kier molecular flexibility index (Phi) is 4.13. The lowest BCUT2D eigenvalue weighted by Gasteiger charge is -2.34. The minimum atomic E-state index is -0.242. The number of thiazole rings is 1. The zero-order chi connectivity index (χ0) is 15.7. The molecule has 0 spiro atoms. The molecule has 1 aliphatic heterocycles. The number of nitrogens with zero attached hydrogens (tertiary/aromatic N) is 3. The van der Waals surface area contributed by atoms with Crippen molar-refractivity contribution in [3.63, 3.8) is 0 Å². The van der Waals surface area contributed by atoms with Crippen molar-refractivity contribution in [3.8, 4) is 0 Å². The molecule has 2 amide bonds. The maximum absolute atomic E-state index is 12.3. The number of rotatable bonds is 2. The molecule has 1 aliphatic rings. The number of halogens is 1. The number of piperazine rings is 1. The minimum Gasteiger partial charge on any atom is -0.325 e. The summed E-state index contributed by atoms with van der Waals surface area (Å²) in [5.74, 6) is -0.333. The van der Waals surface area contributed by atoms with Gasteiger partial charge in [0.15, 0.2) is 5.01 Å². The van der Waals surface area contributed by atoms with Crippen LogP contribution < -0.4 is 4.90 Å². The highest BCUT2D eigenvalue weighted by molar-refractivity contribution is 7.12. The minimum absolute atomic E-state index is 0.0594. The van der Waals surface area contributed by atoms with Crippen molar-refractivity contribution < 1.29 is 9.59 Å². The molecule has 0 aliphatic carbocycles. The van der Waals surface area contributed by atoms with Crippen molar-refractivity contribution in [1.82, 2.24) is 9.88 Å². The van der Waals surface area contributed by atoms with E-state index in [1.807, 2.05) is 31.2 Å². The largest absolute Gasteiger partial charge is 0.325 e. The molecule has 7 heteroatoms. The van der Waals surface area contributed by atoms with Gasteiger partial charge in [-0.1, -0.05) is 29.3 Å². The van der Waals surface area contributed by atoms with Crippen molar-refractivity contribution in [2.24, 2.45) is 0 Å². The predicted octanol–water partition coefficient (Wildman–Crippen LogP) is 2.59. The van der Waals surface area contributed by atoms with Crippen LogP contribution in [0.4, 0.5) is 5.69 Å². The summed E-state index contributed by atoms with van der Waals surface area (Å²) in [7, 11) is 0. The standard InChI is InChI=1S/C15H14ClN3O2S/c1-10-2-4-11(5-3-10)19-7-6-18(8-13(19)20)15(21)14-17-12(16)9-22-14/h2-5,9H,6-8H2,1H3. The Hall–Kier alpha value is -1.92. The predicted molar refractivity (Wildman–Crippen MR) is 86.6 cm³/mol. The fraction of sp³-hybridized carbons (Fsp3) is 0.267. The summed E-state index contributed by atoms with van der Waals surface area (Å²) in [5.41, 5.74) is 2.01. The van der Waals surface area contributed by atoms with Gasteiger partial charge in [-0.15, -0.1) is 11.3 Å². The van der Waals surface area contributed by atoms with Gasteiger partial charge in [-0.05, 0) is 19.1 Å². The monoisotopic (exact) mass is 335 g/mol. The molecule has 1 fully saturated rings. The number of aryl methyl sites for hydroxylation is 1. The highest BCUT2D eigenvalue weighted by Gasteiger charge is 2.29. The molecule has 0 N–H and O–H groups in total. The Morgan fingerprint density at radius 1 is 1.27 bits per heavy atom. The van der Waals surface area contributed by atoms with Crippen molar-refractivity contribution in [2.45, 2.75) is 6.92 Å². The van der Waals surface area contributed by atoms with Gasteiger partial charge in [0.05, 0.1) is 0 Å². The van der Waals surface area contributed by atoms with Gasteiger partial charge in [-0.2, -0.15) is 0 Å². The summed E-state index contributed by atoms with van der Waals surface area (Å²) >= 11 is 6.93. The summed E-state index contributed by atoms with van der Waals surface area (Å²) in [5, 5.41) is 2.23. The Balaban J connectivity index is 1.71. The van der Waals surface area contributed by atoms with E-state index in [4.69, 9.17) is 11.6 Å². The van der Waals surface area contributed by atoms with E-state index in [1.54, 1.807) is 10.3 Å². The van der Waals surface area contributed by atoms with Gasteiger partial charge in [0.1, 0.15) is 11.7 Å². The van der Waals surface area contributed by atoms with Crippen LogP contribution in [0.5, 0.6) is 0 Å². The highest BCUT2D eigenvalue weighted by Crippen LogP contribution is 2.20. The second kappa shape index (κ2) is 6.06. The van der Waals surface area contributed by atoms with Crippen molar-refractivity contribution in [3.05, 3.63) is 45.4 Å². The number of hydrogen-bond acceptors (Lipinski definition) is 4. The summed E-state index contributed by atoms with van der Waals surface area (Å²) < 4.78 is 0. The van der Waals surface area contributed by atoms with Gasteiger partial charge in [-0.25, -0.2) is 4.98 Å². The molecule has 114 valence electrons. The van der Waals surface area contributed by atoms with Crippen LogP contribution in [0.1, 0.15) is 15.4 Å². The third kappa shape index (κ3) is 2.98. The first-order valence-electron chi connectivity index (χ1n) is 6.82. The Labute approximate surface area is 137 Å². The number of hydrogen-bond donors (Lipinski definition) is 0. The van der Waals surface area contributed by atoms with Crippen LogP contribution >= 0.6 is 22.9 Å². The number of carbonyl (C=O) groups is 2. The Morgan fingerprint density at radius 3 is 2.59 bits per heavy atom. The number of anilines is 1. The zero-order valence-electron chi connectivity index (χ0n) is 12.0. The maximum Gasteiger partial charge on any atom is 0.283 e. The molecule has 0 bridgehead atoms. The fourth-order valence-corrected chi connectivity index (χ4v) is 3.24. The van der Waals surface area contributed by atoms with Gasteiger partial charge in [-0.3, -0.25) is 9.59 Å². The van der Waals surface area contributed by atoms with E-state index in [2.05, 4.69) is 4.98 Å². The Bertz CT molecular complexity index is 714. The smallest absolute Gasteiger partial charge is 0.283 e. The normalized spacial score (nSPS) is 15.3. The summed E-state index contributed by atoms with van der Waals surface area (Å²) in [6.07, 6.45) is 0. The number of amides is 2. The molecule has 2 heterocycles. The van der Waals surface area contributed by atoms with Gasteiger partial charge in [0, 0.05) is 24.2 Å². The second-order valence-electron chi connectivity index (χ2n) is 5.08. The van der Waals surface area contributed by atoms with E-state index in [0.29, 0.717) is 23.3 Å². The average molecular weight is 336 g/mol. The summed E-state index contributed by atoms with van der Waals surface area (Å²) in [6.45, 7) is 3.02. The molecule has 1 saturated heterocycles. The zero-order valence-corrected chi connectivity index (χ0v) is 13.5. The van der Waals surface area contributed by atoms with Crippen LogP contribution in [-0.2, 0) is 4.79 Å². The molecule has 1 aromatic carbocycles. The number of aromatic nitrogens is 1. The van der Waals surface area contributed by atoms with Crippen LogP contribution in [0.2, 0.25) is 5.15 Å². The third-order valence-corrected chi connectivity index (χ3v) is 4.67. The van der Waals surface area contributed by atoms with E-state index in [1.165, 1.54) is 16.2 Å². The second-order valence-corrected chi connectivity index (χ2v) is 6.33. The first-order chi connectivity index (χ1) is 10.5. The first-order valence-corrected chi connectivity index (χ1v) is 8.07. The van der Waals surface area contributed by atoms with Crippen molar-refractivity contribution in [2.75, 3.05) is 24.5 Å².